The molecule has 7 heteroatoms. The Morgan fingerprint density at radius 2 is 1.70 bits per heavy atom. The van der Waals surface area contributed by atoms with Crippen LogP contribution in [0.15, 0.2) is 53.2 Å². The molecule has 0 spiro atoms. The van der Waals surface area contributed by atoms with Crippen LogP contribution in [-0.2, 0) is 14.3 Å². The average molecular weight is 385 g/mol. The first-order valence-electron chi connectivity index (χ1n) is 8.15. The molecule has 0 saturated carbocycles. The summed E-state index contributed by atoms with van der Waals surface area (Å²) in [6, 6.07) is 11.7. The molecule has 0 unspecified atom stereocenters. The van der Waals surface area contributed by atoms with Crippen molar-refractivity contribution in [2.24, 2.45) is 0 Å². The number of anilines is 2. The maximum Gasteiger partial charge on any atom is 0.337 e. The van der Waals surface area contributed by atoms with Crippen LogP contribution in [0.5, 0.6) is 0 Å². The highest BCUT2D eigenvalue weighted by atomic mass is 35.5. The second kappa shape index (κ2) is 7.25. The van der Waals surface area contributed by atoms with Gasteiger partial charge in [-0.2, -0.15) is 0 Å². The zero-order chi connectivity index (χ0) is 19.7. The van der Waals surface area contributed by atoms with Crippen molar-refractivity contribution in [2.45, 2.75) is 13.8 Å². The van der Waals surface area contributed by atoms with Gasteiger partial charge in [0.05, 0.1) is 18.4 Å². The van der Waals surface area contributed by atoms with Gasteiger partial charge in [-0.1, -0.05) is 23.7 Å². The topological polar surface area (TPSA) is 75.7 Å². The Morgan fingerprint density at radius 1 is 1.04 bits per heavy atom. The number of hydrogen-bond donors (Lipinski definition) is 1. The minimum atomic E-state index is -0.580. The standard InChI is InChI=1S/C20H17ClN2O4/c1-11-5-4-6-15(12(11)2)23-18(24)16(21)17(19(23)25)22-14-9-7-13(8-10-14)20(26)27-3/h4-10,22H,1-3H3. The number of halogens is 1. The van der Waals surface area contributed by atoms with Crippen molar-refractivity contribution >= 4 is 40.8 Å². The Kier molecular flexibility index (Phi) is 5.01. The average Bonchev–Trinajstić information content (AvgIpc) is 2.87. The smallest absolute Gasteiger partial charge is 0.337 e. The summed E-state index contributed by atoms with van der Waals surface area (Å²) in [5, 5.41) is 2.69. The summed E-state index contributed by atoms with van der Waals surface area (Å²) in [5.41, 5.74) is 3.17. The van der Waals surface area contributed by atoms with Crippen molar-refractivity contribution in [3.63, 3.8) is 0 Å². The van der Waals surface area contributed by atoms with Crippen molar-refractivity contribution in [2.75, 3.05) is 17.3 Å². The normalized spacial score (nSPS) is 14.0. The van der Waals surface area contributed by atoms with E-state index in [0.29, 0.717) is 16.9 Å². The van der Waals surface area contributed by atoms with Crippen molar-refractivity contribution in [1.29, 1.82) is 0 Å². The van der Waals surface area contributed by atoms with Crippen LogP contribution in [0, 0.1) is 13.8 Å². The van der Waals surface area contributed by atoms with Crippen LogP contribution >= 0.6 is 11.6 Å². The van der Waals surface area contributed by atoms with Gasteiger partial charge in [-0.25, -0.2) is 9.69 Å². The van der Waals surface area contributed by atoms with Crippen molar-refractivity contribution in [3.05, 3.63) is 69.9 Å². The molecule has 27 heavy (non-hydrogen) atoms. The highest BCUT2D eigenvalue weighted by Crippen LogP contribution is 2.32. The molecule has 0 aromatic heterocycles. The maximum atomic E-state index is 12.8. The molecule has 2 amide bonds. The van der Waals surface area contributed by atoms with Crippen molar-refractivity contribution in [3.8, 4) is 0 Å². The van der Waals surface area contributed by atoms with Gasteiger partial charge in [-0.15, -0.1) is 0 Å². The van der Waals surface area contributed by atoms with Gasteiger partial charge in [0.15, 0.2) is 0 Å². The van der Waals surface area contributed by atoms with Crippen LogP contribution in [0.4, 0.5) is 11.4 Å². The van der Waals surface area contributed by atoms with E-state index in [0.717, 1.165) is 16.0 Å². The lowest BCUT2D eigenvalue weighted by Crippen LogP contribution is -2.33. The van der Waals surface area contributed by atoms with E-state index in [1.54, 1.807) is 36.4 Å². The maximum absolute atomic E-state index is 12.8. The van der Waals surface area contributed by atoms with Gasteiger partial charge in [0.1, 0.15) is 10.7 Å². The lowest BCUT2D eigenvalue weighted by atomic mass is 10.1. The monoisotopic (exact) mass is 384 g/mol. The van der Waals surface area contributed by atoms with Gasteiger partial charge in [0, 0.05) is 5.69 Å². The molecule has 0 saturated heterocycles. The molecule has 2 aromatic carbocycles. The Labute approximate surface area is 161 Å². The summed E-state index contributed by atoms with van der Waals surface area (Å²) >= 11 is 6.15. The molecule has 138 valence electrons. The molecule has 1 N–H and O–H groups in total. The highest BCUT2D eigenvalue weighted by molar-refractivity contribution is 6.53. The number of aryl methyl sites for hydroxylation is 1. The fraction of sp³-hybridized carbons (Fsp3) is 0.150. The molecule has 2 aromatic rings. The third kappa shape index (κ3) is 3.31. The summed E-state index contributed by atoms with van der Waals surface area (Å²) in [5.74, 6) is -1.58. The number of nitrogens with zero attached hydrogens (tertiary/aromatic N) is 1. The predicted octanol–water partition coefficient (Wildman–Crippen LogP) is 3.53. The largest absolute Gasteiger partial charge is 0.465 e. The summed E-state index contributed by atoms with van der Waals surface area (Å²) in [6.45, 7) is 3.75. The number of ether oxygens (including phenoxy) is 1. The molecule has 1 aliphatic heterocycles. The van der Waals surface area contributed by atoms with Gasteiger partial charge in [0.2, 0.25) is 0 Å². The number of benzene rings is 2. The van der Waals surface area contributed by atoms with Crippen LogP contribution in [0.2, 0.25) is 0 Å². The lowest BCUT2D eigenvalue weighted by molar-refractivity contribution is -0.120. The number of methoxy groups -OCH3 is 1. The van der Waals surface area contributed by atoms with Crippen molar-refractivity contribution < 1.29 is 19.1 Å². The minimum absolute atomic E-state index is 0.00612. The highest BCUT2D eigenvalue weighted by Gasteiger charge is 2.39. The Balaban J connectivity index is 1.89. The van der Waals surface area contributed by atoms with E-state index in [9.17, 15) is 14.4 Å². The van der Waals surface area contributed by atoms with E-state index in [1.165, 1.54) is 7.11 Å². The molecule has 6 nitrogen and oxygen atoms in total. The van der Waals surface area contributed by atoms with Gasteiger partial charge in [-0.05, 0) is 55.3 Å². The molecule has 1 heterocycles. The second-order valence-electron chi connectivity index (χ2n) is 6.05. The molecule has 0 aliphatic carbocycles. The van der Waals surface area contributed by atoms with Gasteiger partial charge < -0.3 is 10.1 Å². The molecule has 0 bridgehead atoms. The number of amides is 2. The molecule has 0 fully saturated rings. The molecule has 1 aliphatic rings. The van der Waals surface area contributed by atoms with E-state index in [-0.39, 0.29) is 10.7 Å². The summed E-state index contributed by atoms with van der Waals surface area (Å²) < 4.78 is 4.65. The van der Waals surface area contributed by atoms with Crippen LogP contribution in [-0.4, -0.2) is 24.9 Å². The Hall–Kier alpha value is -3.12. The fourth-order valence-electron chi connectivity index (χ4n) is 2.76. The number of hydrogen-bond acceptors (Lipinski definition) is 5. The Morgan fingerprint density at radius 3 is 2.33 bits per heavy atom. The number of carbonyl (C=O) groups excluding carboxylic acids is 3. The molecule has 0 radical (unpaired) electrons. The predicted molar refractivity (Wildman–Crippen MR) is 103 cm³/mol. The number of imide groups is 1. The molecular formula is C20H17ClN2O4. The van der Waals surface area contributed by atoms with Gasteiger partial charge >= 0.3 is 5.97 Å². The molecule has 3 rings (SSSR count). The van der Waals surface area contributed by atoms with Gasteiger partial charge in [0.25, 0.3) is 11.8 Å². The first kappa shape index (κ1) is 18.7. The molecule has 0 atom stereocenters. The van der Waals surface area contributed by atoms with Crippen LogP contribution in [0.25, 0.3) is 0 Å². The zero-order valence-electron chi connectivity index (χ0n) is 15.0. The first-order valence-corrected chi connectivity index (χ1v) is 8.53. The van der Waals surface area contributed by atoms with E-state index in [4.69, 9.17) is 11.6 Å². The number of esters is 1. The van der Waals surface area contributed by atoms with Gasteiger partial charge in [-0.3, -0.25) is 9.59 Å². The van der Waals surface area contributed by atoms with Crippen molar-refractivity contribution in [1.82, 2.24) is 0 Å². The number of rotatable bonds is 4. The first-order chi connectivity index (χ1) is 12.8. The number of carbonyl (C=O) groups is 3. The Bertz CT molecular complexity index is 980. The summed E-state index contributed by atoms with van der Waals surface area (Å²) in [6.07, 6.45) is 0. The van der Waals surface area contributed by atoms with E-state index < -0.39 is 17.8 Å². The minimum Gasteiger partial charge on any atom is -0.465 e. The quantitative estimate of drug-likeness (QED) is 0.644. The molecular weight excluding hydrogens is 368 g/mol. The van der Waals surface area contributed by atoms with Crippen LogP contribution in [0.3, 0.4) is 0 Å². The third-order valence-corrected chi connectivity index (χ3v) is 4.77. The van der Waals surface area contributed by atoms with E-state index >= 15 is 0 Å². The summed E-state index contributed by atoms with van der Waals surface area (Å²) in [7, 11) is 1.30. The van der Waals surface area contributed by atoms with E-state index in [2.05, 4.69) is 10.1 Å². The van der Waals surface area contributed by atoms with E-state index in [1.807, 2.05) is 19.9 Å². The zero-order valence-corrected chi connectivity index (χ0v) is 15.8. The third-order valence-electron chi connectivity index (χ3n) is 4.42. The summed E-state index contributed by atoms with van der Waals surface area (Å²) in [4.78, 5) is 38.0. The lowest BCUT2D eigenvalue weighted by Gasteiger charge is -2.18. The SMILES string of the molecule is COC(=O)c1ccc(NC2=C(Cl)C(=O)N(c3cccc(C)c3C)C2=O)cc1. The second-order valence-corrected chi connectivity index (χ2v) is 6.43. The fourth-order valence-corrected chi connectivity index (χ4v) is 2.97. The van der Waals surface area contributed by atoms with Crippen LogP contribution in [0.1, 0.15) is 21.5 Å². The number of nitrogens with one attached hydrogen (secondary N) is 1. The van der Waals surface area contributed by atoms with Crippen LogP contribution < -0.4 is 10.2 Å².